The van der Waals surface area contributed by atoms with Crippen molar-refractivity contribution in [3.05, 3.63) is 0 Å². The van der Waals surface area contributed by atoms with E-state index in [1.165, 1.54) is 13.8 Å². The van der Waals surface area contributed by atoms with Crippen molar-refractivity contribution in [2.45, 2.75) is 40.5 Å². The maximum absolute atomic E-state index is 11.1. The molecule has 0 spiro atoms. The Morgan fingerprint density at radius 3 is 1.53 bits per heavy atom. The van der Waals surface area contributed by atoms with Crippen molar-refractivity contribution in [1.29, 1.82) is 0 Å². The van der Waals surface area contributed by atoms with Gasteiger partial charge in [-0.3, -0.25) is 9.59 Å². The van der Waals surface area contributed by atoms with E-state index in [9.17, 15) is 9.59 Å². The lowest BCUT2D eigenvalue weighted by Crippen LogP contribution is -2.43. The Hall–Kier alpha value is -1.72. The fraction of sp³-hybridized carbons (Fsp3) is 0.500. The molecular formula is C12H16O4Si. The molecule has 0 fully saturated rings. The molecule has 0 aromatic heterocycles. The molecule has 0 N–H and O–H groups in total. The van der Waals surface area contributed by atoms with Gasteiger partial charge in [0, 0.05) is 26.7 Å². The van der Waals surface area contributed by atoms with Crippen LogP contribution >= 0.6 is 0 Å². The average molecular weight is 252 g/mol. The van der Waals surface area contributed by atoms with E-state index in [0.29, 0.717) is 12.8 Å². The molecule has 0 aromatic carbocycles. The van der Waals surface area contributed by atoms with E-state index < -0.39 is 20.5 Å². The minimum atomic E-state index is -3.38. The van der Waals surface area contributed by atoms with Crippen molar-refractivity contribution in [2.75, 3.05) is 0 Å². The van der Waals surface area contributed by atoms with E-state index >= 15 is 0 Å². The Kier molecular flexibility index (Phi) is 6.77. The Bertz CT molecular complexity index is 366. The fourth-order valence-corrected chi connectivity index (χ4v) is 2.91. The van der Waals surface area contributed by atoms with Gasteiger partial charge in [-0.1, -0.05) is 13.8 Å². The highest BCUT2D eigenvalue weighted by Crippen LogP contribution is 2.07. The minimum absolute atomic E-state index is 0.547. The van der Waals surface area contributed by atoms with Gasteiger partial charge in [0.1, 0.15) is 0 Å². The summed E-state index contributed by atoms with van der Waals surface area (Å²) in [6, 6.07) is 0. The summed E-state index contributed by atoms with van der Waals surface area (Å²) in [4.78, 5) is 22.1. The summed E-state index contributed by atoms with van der Waals surface area (Å²) in [6.45, 7) is 6.18. The molecule has 4 nitrogen and oxygen atoms in total. The standard InChI is InChI=1S/C12H16O4Si/c1-5-7-9-17(10-8-6-2,15-11(3)13)16-12(4)14/h5-6H2,1-4H3. The largest absolute Gasteiger partial charge is 0.641 e. The van der Waals surface area contributed by atoms with Crippen molar-refractivity contribution in [3.63, 3.8) is 0 Å². The second-order valence-electron chi connectivity index (χ2n) is 3.11. The van der Waals surface area contributed by atoms with E-state index in [1.807, 2.05) is 13.8 Å². The monoisotopic (exact) mass is 252 g/mol. The third kappa shape index (κ3) is 6.44. The van der Waals surface area contributed by atoms with Gasteiger partial charge in [0.25, 0.3) is 11.9 Å². The molecule has 17 heavy (non-hydrogen) atoms. The normalized spacial score (nSPS) is 9.18. The van der Waals surface area contributed by atoms with Crippen LogP contribution in [0.15, 0.2) is 0 Å². The van der Waals surface area contributed by atoms with Crippen molar-refractivity contribution in [2.24, 2.45) is 0 Å². The molecule has 0 radical (unpaired) electrons. The lowest BCUT2D eigenvalue weighted by atomic mass is 10.5. The molecule has 0 saturated heterocycles. The lowest BCUT2D eigenvalue weighted by Gasteiger charge is -2.17. The molecule has 0 aliphatic rings. The van der Waals surface area contributed by atoms with E-state index in [0.717, 1.165) is 0 Å². The van der Waals surface area contributed by atoms with Gasteiger partial charge in [-0.05, 0) is 11.1 Å². The van der Waals surface area contributed by atoms with Crippen LogP contribution in [0.25, 0.3) is 0 Å². The molecule has 0 atom stereocenters. The van der Waals surface area contributed by atoms with Crippen molar-refractivity contribution < 1.29 is 18.4 Å². The summed E-state index contributed by atoms with van der Waals surface area (Å²) in [7, 11) is -3.38. The van der Waals surface area contributed by atoms with Gasteiger partial charge in [-0.15, -0.1) is 11.8 Å². The number of rotatable bonds is 2. The third-order valence-corrected chi connectivity index (χ3v) is 3.60. The predicted molar refractivity (Wildman–Crippen MR) is 65.4 cm³/mol. The number of carbonyl (C=O) groups is 2. The first-order chi connectivity index (χ1) is 7.95. The topological polar surface area (TPSA) is 52.6 Å². The van der Waals surface area contributed by atoms with Crippen LogP contribution in [-0.2, 0) is 18.4 Å². The highest BCUT2D eigenvalue weighted by Gasteiger charge is 2.42. The molecule has 0 bridgehead atoms. The zero-order valence-corrected chi connectivity index (χ0v) is 11.5. The Labute approximate surface area is 103 Å². The van der Waals surface area contributed by atoms with Crippen LogP contribution in [0.5, 0.6) is 0 Å². The SMILES string of the molecule is CCC#C[Si](C#CCC)(OC(C)=O)OC(C)=O. The van der Waals surface area contributed by atoms with Gasteiger partial charge in [0.2, 0.25) is 0 Å². The summed E-state index contributed by atoms with van der Waals surface area (Å²) < 4.78 is 10.1. The first-order valence-corrected chi connectivity index (χ1v) is 7.16. The first-order valence-electron chi connectivity index (χ1n) is 5.35. The lowest BCUT2D eigenvalue weighted by molar-refractivity contribution is -0.137. The summed E-state index contributed by atoms with van der Waals surface area (Å²) >= 11 is 0. The number of carbonyl (C=O) groups excluding carboxylic acids is 2. The molecule has 92 valence electrons. The van der Waals surface area contributed by atoms with Crippen LogP contribution in [0.2, 0.25) is 0 Å². The summed E-state index contributed by atoms with van der Waals surface area (Å²) in [5, 5.41) is 0. The number of hydrogen-bond donors (Lipinski definition) is 0. The van der Waals surface area contributed by atoms with Gasteiger partial charge in [0.15, 0.2) is 0 Å². The van der Waals surface area contributed by atoms with E-state index in [4.69, 9.17) is 8.85 Å². The summed E-state index contributed by atoms with van der Waals surface area (Å²) in [5.41, 5.74) is 5.42. The molecule has 0 unspecified atom stereocenters. The van der Waals surface area contributed by atoms with Crippen LogP contribution in [0.3, 0.4) is 0 Å². The van der Waals surface area contributed by atoms with Gasteiger partial charge < -0.3 is 8.85 Å². The molecule has 0 aliphatic carbocycles. The van der Waals surface area contributed by atoms with Gasteiger partial charge in [-0.25, -0.2) is 0 Å². The van der Waals surface area contributed by atoms with Gasteiger partial charge in [-0.2, -0.15) is 0 Å². The van der Waals surface area contributed by atoms with Crippen LogP contribution in [0, 0.1) is 22.9 Å². The predicted octanol–water partition coefficient (Wildman–Crippen LogP) is 1.46. The Morgan fingerprint density at radius 2 is 1.29 bits per heavy atom. The van der Waals surface area contributed by atoms with Crippen LogP contribution < -0.4 is 0 Å². The second kappa shape index (κ2) is 7.53. The highest BCUT2D eigenvalue weighted by atomic mass is 28.4. The van der Waals surface area contributed by atoms with E-state index in [2.05, 4.69) is 22.9 Å². The van der Waals surface area contributed by atoms with E-state index in [-0.39, 0.29) is 0 Å². The van der Waals surface area contributed by atoms with Crippen molar-refractivity contribution >= 4 is 20.5 Å². The molecule has 0 aromatic rings. The minimum Gasteiger partial charge on any atom is -0.467 e. The Morgan fingerprint density at radius 1 is 0.941 bits per heavy atom. The highest BCUT2D eigenvalue weighted by molar-refractivity contribution is 6.85. The van der Waals surface area contributed by atoms with Crippen LogP contribution in [-0.4, -0.2) is 20.5 Å². The van der Waals surface area contributed by atoms with Crippen molar-refractivity contribution in [3.8, 4) is 22.9 Å². The smallest absolute Gasteiger partial charge is 0.467 e. The Balaban J connectivity index is 5.33. The zero-order valence-electron chi connectivity index (χ0n) is 10.5. The van der Waals surface area contributed by atoms with E-state index in [1.54, 1.807) is 0 Å². The summed E-state index contributed by atoms with van der Waals surface area (Å²) in [5.74, 6) is 4.43. The zero-order chi connectivity index (χ0) is 13.3. The molecule has 0 heterocycles. The van der Waals surface area contributed by atoms with Crippen molar-refractivity contribution in [1.82, 2.24) is 0 Å². The molecule has 0 saturated carbocycles. The molecular weight excluding hydrogens is 236 g/mol. The summed E-state index contributed by atoms with van der Waals surface area (Å²) in [6.07, 6.45) is 1.15. The van der Waals surface area contributed by atoms with Gasteiger partial charge >= 0.3 is 8.56 Å². The average Bonchev–Trinajstić information content (AvgIpc) is 2.22. The second-order valence-corrected chi connectivity index (χ2v) is 5.26. The van der Waals surface area contributed by atoms with Crippen LogP contribution in [0.4, 0.5) is 0 Å². The molecule has 0 rings (SSSR count). The quantitative estimate of drug-likeness (QED) is 0.551. The maximum Gasteiger partial charge on any atom is 0.641 e. The van der Waals surface area contributed by atoms with Crippen LogP contribution in [0.1, 0.15) is 40.5 Å². The molecule has 5 heteroatoms. The third-order valence-electron chi connectivity index (χ3n) is 1.43. The maximum atomic E-state index is 11.1. The fourth-order valence-electron chi connectivity index (χ4n) is 0.968. The first kappa shape index (κ1) is 15.3. The molecule has 0 amide bonds. The molecule has 0 aliphatic heterocycles. The van der Waals surface area contributed by atoms with Gasteiger partial charge in [0.05, 0.1) is 0 Å². The number of hydrogen-bond acceptors (Lipinski definition) is 4.